The van der Waals surface area contributed by atoms with Gasteiger partial charge in [0, 0.05) is 63.5 Å². The minimum atomic E-state index is 0.248. The normalized spacial score (nSPS) is 23.6. The van der Waals surface area contributed by atoms with E-state index in [9.17, 15) is 4.79 Å². The number of rotatable bonds is 5. The van der Waals surface area contributed by atoms with Crippen molar-refractivity contribution >= 4 is 11.9 Å². The van der Waals surface area contributed by atoms with E-state index in [0.29, 0.717) is 12.3 Å². The summed E-state index contributed by atoms with van der Waals surface area (Å²) in [5, 5.41) is 4.83. The lowest BCUT2D eigenvalue weighted by Crippen LogP contribution is -2.39. The second kappa shape index (κ2) is 8.81. The summed E-state index contributed by atoms with van der Waals surface area (Å²) >= 11 is 0. The van der Waals surface area contributed by atoms with Gasteiger partial charge in [0.15, 0.2) is 0 Å². The molecule has 0 aromatic carbocycles. The van der Waals surface area contributed by atoms with Gasteiger partial charge in [0.1, 0.15) is 0 Å². The first kappa shape index (κ1) is 20.2. The third-order valence-electron chi connectivity index (χ3n) is 6.88. The van der Waals surface area contributed by atoms with Crippen molar-refractivity contribution < 1.29 is 4.79 Å². The molecule has 0 bridgehead atoms. The zero-order valence-electron chi connectivity index (χ0n) is 18.4. The second-order valence-electron chi connectivity index (χ2n) is 9.19. The zero-order valence-corrected chi connectivity index (χ0v) is 18.4. The molecule has 2 fully saturated rings. The average molecular weight is 421 g/mol. The smallest absolute Gasteiger partial charge is 0.225 e. The van der Waals surface area contributed by atoms with Crippen LogP contribution in [0.15, 0.2) is 30.6 Å². The van der Waals surface area contributed by atoms with Gasteiger partial charge in [0.2, 0.25) is 11.9 Å². The molecule has 4 heterocycles. The lowest BCUT2D eigenvalue weighted by atomic mass is 9.91. The fourth-order valence-corrected chi connectivity index (χ4v) is 5.22. The number of aryl methyl sites for hydroxylation is 1. The van der Waals surface area contributed by atoms with Crippen LogP contribution in [0.1, 0.15) is 56.6 Å². The lowest BCUT2D eigenvalue weighted by molar-refractivity contribution is -0.133. The van der Waals surface area contributed by atoms with Crippen LogP contribution >= 0.6 is 0 Å². The maximum atomic E-state index is 12.9. The molecule has 3 aliphatic rings. The van der Waals surface area contributed by atoms with Crippen LogP contribution in [0, 0.1) is 5.92 Å². The standard InChI is InChI=1S/C24H32N6O/c1-28-17-20(21-10-11-25-24(26-21)29-12-4-5-13-29)23(27-28)19-9-6-14-30(16-19)22(31)15-18-7-2-3-8-18/h2,7,10-11,17-19H,3-6,8-9,12-16H2,1H3/t18-,19+/m1/s1. The van der Waals surface area contributed by atoms with Crippen LogP contribution in [0.4, 0.5) is 5.95 Å². The van der Waals surface area contributed by atoms with Crippen LogP contribution in [-0.2, 0) is 11.8 Å². The largest absolute Gasteiger partial charge is 0.342 e. The summed E-state index contributed by atoms with van der Waals surface area (Å²) in [6.45, 7) is 3.67. The molecular weight excluding hydrogens is 388 g/mol. The molecule has 0 unspecified atom stereocenters. The van der Waals surface area contributed by atoms with Gasteiger partial charge >= 0.3 is 0 Å². The lowest BCUT2D eigenvalue weighted by Gasteiger charge is -2.33. The number of piperidine rings is 1. The zero-order chi connectivity index (χ0) is 21.2. The molecule has 1 amide bonds. The molecule has 7 nitrogen and oxygen atoms in total. The molecule has 0 radical (unpaired) electrons. The van der Waals surface area contributed by atoms with Gasteiger partial charge in [-0.2, -0.15) is 5.10 Å². The highest BCUT2D eigenvalue weighted by molar-refractivity contribution is 5.77. The maximum Gasteiger partial charge on any atom is 0.225 e. The Balaban J connectivity index is 1.35. The summed E-state index contributed by atoms with van der Waals surface area (Å²) in [7, 11) is 1.97. The molecule has 2 aliphatic heterocycles. The van der Waals surface area contributed by atoms with Gasteiger partial charge in [-0.25, -0.2) is 9.97 Å². The molecular formula is C24H32N6O. The fraction of sp³-hybridized carbons (Fsp3) is 0.583. The number of allylic oxidation sites excluding steroid dienone is 2. The summed E-state index contributed by atoms with van der Waals surface area (Å²) in [5.41, 5.74) is 3.06. The number of hydrogen-bond acceptors (Lipinski definition) is 5. The summed E-state index contributed by atoms with van der Waals surface area (Å²) in [5.74, 6) is 1.77. The average Bonchev–Trinajstić information content (AvgIpc) is 3.56. The van der Waals surface area contributed by atoms with Crippen LogP contribution < -0.4 is 4.90 Å². The number of carbonyl (C=O) groups is 1. The third-order valence-corrected chi connectivity index (χ3v) is 6.88. The Hall–Kier alpha value is -2.70. The minimum absolute atomic E-state index is 0.248. The molecule has 7 heteroatoms. The molecule has 2 aromatic rings. The summed E-state index contributed by atoms with van der Waals surface area (Å²) in [6.07, 6.45) is 15.7. The van der Waals surface area contributed by atoms with Crippen molar-refractivity contribution in [2.75, 3.05) is 31.1 Å². The van der Waals surface area contributed by atoms with E-state index < -0.39 is 0 Å². The van der Waals surface area contributed by atoms with E-state index in [1.807, 2.05) is 24.0 Å². The first-order chi connectivity index (χ1) is 15.2. The van der Waals surface area contributed by atoms with E-state index >= 15 is 0 Å². The molecule has 2 atom stereocenters. The first-order valence-corrected chi connectivity index (χ1v) is 11.7. The van der Waals surface area contributed by atoms with Crippen molar-refractivity contribution in [2.24, 2.45) is 13.0 Å². The third kappa shape index (κ3) is 4.36. The van der Waals surface area contributed by atoms with Gasteiger partial charge < -0.3 is 9.80 Å². The fourth-order valence-electron chi connectivity index (χ4n) is 5.22. The molecule has 164 valence electrons. The van der Waals surface area contributed by atoms with Gasteiger partial charge in [0.05, 0.1) is 11.4 Å². The van der Waals surface area contributed by atoms with Crippen molar-refractivity contribution in [1.82, 2.24) is 24.6 Å². The van der Waals surface area contributed by atoms with Crippen molar-refractivity contribution in [1.29, 1.82) is 0 Å². The van der Waals surface area contributed by atoms with E-state index in [1.54, 1.807) is 0 Å². The summed E-state index contributed by atoms with van der Waals surface area (Å²) in [4.78, 5) is 26.6. The predicted octanol–water partition coefficient (Wildman–Crippen LogP) is 3.54. The predicted molar refractivity (Wildman–Crippen MR) is 121 cm³/mol. The van der Waals surface area contributed by atoms with Crippen LogP contribution in [0.5, 0.6) is 0 Å². The molecule has 0 saturated carbocycles. The van der Waals surface area contributed by atoms with Crippen LogP contribution in [0.3, 0.4) is 0 Å². The Morgan fingerprint density at radius 2 is 2.03 bits per heavy atom. The SMILES string of the molecule is Cn1cc(-c2ccnc(N3CCCC3)n2)c([C@H]2CCCN(C(=O)C[C@@H]3C=CCC3)C2)n1. The van der Waals surface area contributed by atoms with Crippen LogP contribution in [-0.4, -0.2) is 56.7 Å². The highest BCUT2D eigenvalue weighted by Gasteiger charge is 2.30. The quantitative estimate of drug-likeness (QED) is 0.692. The monoisotopic (exact) mass is 420 g/mol. The Morgan fingerprint density at radius 1 is 1.16 bits per heavy atom. The number of nitrogens with zero attached hydrogens (tertiary/aromatic N) is 6. The number of anilines is 1. The van der Waals surface area contributed by atoms with Crippen molar-refractivity contribution in [2.45, 2.75) is 50.9 Å². The van der Waals surface area contributed by atoms with Crippen molar-refractivity contribution in [3.8, 4) is 11.3 Å². The van der Waals surface area contributed by atoms with Gasteiger partial charge in [-0.3, -0.25) is 9.48 Å². The number of carbonyl (C=O) groups excluding carboxylic acids is 1. The number of amides is 1. The Labute approximate surface area is 184 Å². The minimum Gasteiger partial charge on any atom is -0.342 e. The highest BCUT2D eigenvalue weighted by atomic mass is 16.2. The van der Waals surface area contributed by atoms with Crippen molar-refractivity contribution in [3.05, 3.63) is 36.3 Å². The molecule has 1 aliphatic carbocycles. The molecule has 2 aromatic heterocycles. The Morgan fingerprint density at radius 3 is 2.84 bits per heavy atom. The Kier molecular flexibility index (Phi) is 5.74. The van der Waals surface area contributed by atoms with E-state index in [2.05, 4.69) is 33.1 Å². The summed E-state index contributed by atoms with van der Waals surface area (Å²) in [6, 6.07) is 1.98. The summed E-state index contributed by atoms with van der Waals surface area (Å²) < 4.78 is 1.88. The molecule has 2 saturated heterocycles. The Bertz CT molecular complexity index is 961. The second-order valence-corrected chi connectivity index (χ2v) is 9.19. The number of aromatic nitrogens is 4. The van der Waals surface area contributed by atoms with Crippen LogP contribution in [0.2, 0.25) is 0 Å². The van der Waals surface area contributed by atoms with E-state index in [-0.39, 0.29) is 11.8 Å². The van der Waals surface area contributed by atoms with Gasteiger partial charge in [-0.15, -0.1) is 0 Å². The number of hydrogen-bond donors (Lipinski definition) is 0. The highest BCUT2D eigenvalue weighted by Crippen LogP contribution is 2.34. The molecule has 31 heavy (non-hydrogen) atoms. The van der Waals surface area contributed by atoms with E-state index in [0.717, 1.165) is 74.8 Å². The topological polar surface area (TPSA) is 67.2 Å². The van der Waals surface area contributed by atoms with Crippen molar-refractivity contribution in [3.63, 3.8) is 0 Å². The molecule has 5 rings (SSSR count). The molecule has 0 N–H and O–H groups in total. The van der Waals surface area contributed by atoms with Gasteiger partial charge in [0.25, 0.3) is 0 Å². The van der Waals surface area contributed by atoms with Gasteiger partial charge in [-0.1, -0.05) is 12.2 Å². The van der Waals surface area contributed by atoms with E-state index in [4.69, 9.17) is 10.1 Å². The van der Waals surface area contributed by atoms with Gasteiger partial charge in [-0.05, 0) is 50.5 Å². The number of likely N-dealkylation sites (tertiary alicyclic amines) is 1. The maximum absolute atomic E-state index is 12.9. The van der Waals surface area contributed by atoms with Crippen LogP contribution in [0.25, 0.3) is 11.3 Å². The van der Waals surface area contributed by atoms with E-state index in [1.165, 1.54) is 12.8 Å². The first-order valence-electron chi connectivity index (χ1n) is 11.7. The molecule has 0 spiro atoms.